The van der Waals surface area contributed by atoms with Gasteiger partial charge >= 0.3 is 17.9 Å². The molecule has 1 unspecified atom stereocenters. The fourth-order valence-corrected chi connectivity index (χ4v) is 10.1. The minimum absolute atomic E-state index is 0.0795. The summed E-state index contributed by atoms with van der Waals surface area (Å²) in [5.74, 6) is -0.875. The van der Waals surface area contributed by atoms with E-state index in [2.05, 4.69) is 118 Å². The number of hydrogen-bond donors (Lipinski definition) is 0. The van der Waals surface area contributed by atoms with Gasteiger partial charge in [-0.25, -0.2) is 0 Å². The van der Waals surface area contributed by atoms with E-state index >= 15 is 0 Å². The Morgan fingerprint density at radius 3 is 0.756 bits per heavy atom. The van der Waals surface area contributed by atoms with Crippen LogP contribution in [0.5, 0.6) is 0 Å². The molecule has 1 atom stereocenters. The summed E-state index contributed by atoms with van der Waals surface area (Å²) in [6, 6.07) is 0. The minimum atomic E-state index is -0.783. The van der Waals surface area contributed by atoms with Crippen LogP contribution in [0, 0.1) is 0 Å². The molecule has 0 aromatic carbocycles. The quantitative estimate of drug-likeness (QED) is 0.0261. The summed E-state index contributed by atoms with van der Waals surface area (Å²) in [6.07, 6.45) is 94.2. The van der Waals surface area contributed by atoms with Gasteiger partial charge in [0.25, 0.3) is 0 Å². The zero-order valence-corrected chi connectivity index (χ0v) is 54.2. The van der Waals surface area contributed by atoms with E-state index in [0.717, 1.165) is 116 Å². The topological polar surface area (TPSA) is 78.9 Å². The van der Waals surface area contributed by atoms with Gasteiger partial charge in [0.15, 0.2) is 6.10 Å². The summed E-state index contributed by atoms with van der Waals surface area (Å²) < 4.78 is 17.0. The van der Waals surface area contributed by atoms with Crippen LogP contribution in [-0.4, -0.2) is 37.2 Å². The first-order chi connectivity index (χ1) is 40.5. The van der Waals surface area contributed by atoms with E-state index in [1.807, 2.05) is 0 Å². The number of ether oxygens (including phenoxy) is 3. The molecule has 0 radical (unpaired) electrons. The van der Waals surface area contributed by atoms with Crippen LogP contribution < -0.4 is 0 Å². The van der Waals surface area contributed by atoms with Gasteiger partial charge < -0.3 is 14.2 Å². The lowest BCUT2D eigenvalue weighted by Crippen LogP contribution is -2.30. The highest BCUT2D eigenvalue weighted by Crippen LogP contribution is 2.17. The van der Waals surface area contributed by atoms with Crippen LogP contribution in [0.3, 0.4) is 0 Å². The van der Waals surface area contributed by atoms with E-state index in [9.17, 15) is 14.4 Å². The number of esters is 3. The number of hydrogen-bond acceptors (Lipinski definition) is 6. The Kier molecular flexibility index (Phi) is 66.7. The Morgan fingerprint density at radius 2 is 0.476 bits per heavy atom. The van der Waals surface area contributed by atoms with Gasteiger partial charge in [0.1, 0.15) is 13.2 Å². The number of rotatable bonds is 64. The summed E-state index contributed by atoms with van der Waals surface area (Å²) >= 11 is 0. The summed E-state index contributed by atoms with van der Waals surface area (Å²) in [7, 11) is 0. The van der Waals surface area contributed by atoms with Crippen molar-refractivity contribution >= 4 is 17.9 Å². The average molecular weight is 1140 g/mol. The molecule has 0 saturated heterocycles. The highest BCUT2D eigenvalue weighted by molar-refractivity contribution is 5.71. The van der Waals surface area contributed by atoms with Crippen LogP contribution in [0.4, 0.5) is 0 Å². The van der Waals surface area contributed by atoms with Gasteiger partial charge in [-0.15, -0.1) is 0 Å². The van der Waals surface area contributed by atoms with E-state index in [0.29, 0.717) is 19.3 Å². The lowest BCUT2D eigenvalue weighted by atomic mass is 10.0. The summed E-state index contributed by atoms with van der Waals surface area (Å²) in [4.78, 5) is 38.4. The lowest BCUT2D eigenvalue weighted by Gasteiger charge is -2.18. The molecule has 0 aliphatic heterocycles. The van der Waals surface area contributed by atoms with Crippen LogP contribution in [0.15, 0.2) is 97.2 Å². The molecule has 0 amide bonds. The Balaban J connectivity index is 4.30. The Bertz CT molecular complexity index is 1590. The maximum absolute atomic E-state index is 12.9. The first-order valence-corrected chi connectivity index (χ1v) is 35.2. The third kappa shape index (κ3) is 67.1. The van der Waals surface area contributed by atoms with Gasteiger partial charge in [0.05, 0.1) is 0 Å². The normalized spacial score (nSPS) is 12.7. The SMILES string of the molecule is CC/C=C\C/C=C\C/C=C\C/C=C\C/C=C\C/C=C\C/C=C\CCCCCCCCCCCC(=O)OCC(COC(=O)CCCCCCC/C=C\CCCCCCCC)OC(=O)CCCCCCCCCCCCCCCCCCCC. The molecule has 0 bridgehead atoms. The van der Waals surface area contributed by atoms with E-state index in [1.54, 1.807) is 0 Å². The molecule has 0 fully saturated rings. The largest absolute Gasteiger partial charge is 0.462 e. The fourth-order valence-electron chi connectivity index (χ4n) is 10.1. The van der Waals surface area contributed by atoms with Crippen molar-refractivity contribution in [1.29, 1.82) is 0 Å². The molecular formula is C76H132O6. The fraction of sp³-hybridized carbons (Fsp3) is 0.750. The molecule has 0 N–H and O–H groups in total. The zero-order chi connectivity index (χ0) is 59.2. The van der Waals surface area contributed by atoms with E-state index in [4.69, 9.17) is 14.2 Å². The van der Waals surface area contributed by atoms with Crippen molar-refractivity contribution in [1.82, 2.24) is 0 Å². The van der Waals surface area contributed by atoms with Crippen molar-refractivity contribution < 1.29 is 28.6 Å². The first-order valence-electron chi connectivity index (χ1n) is 35.2. The maximum atomic E-state index is 12.9. The van der Waals surface area contributed by atoms with Crippen LogP contribution in [0.1, 0.15) is 348 Å². The van der Waals surface area contributed by atoms with Crippen LogP contribution in [0.25, 0.3) is 0 Å². The van der Waals surface area contributed by atoms with Crippen molar-refractivity contribution in [3.63, 3.8) is 0 Å². The molecule has 0 rings (SSSR count). The molecule has 82 heavy (non-hydrogen) atoms. The molecule has 0 aromatic heterocycles. The Labute approximate surface area is 508 Å². The molecule has 0 aliphatic carbocycles. The standard InChI is InChI=1S/C76H132O6/c1-4-7-10-13-16-19-22-25-28-30-32-33-34-35-36-37-38-39-40-41-42-43-44-46-48-51-54-57-60-63-66-69-75(78)81-72-73(71-80-74(77)68-65-62-59-56-53-50-47-27-24-21-18-15-12-9-6-3)82-76(79)70-67-64-61-58-55-52-49-45-31-29-26-23-20-17-14-11-8-5-2/h7,10,16,19,25,27-28,32-33,35-36,38-39,41-42,47,73H,4-6,8-9,11-15,17-18,20-24,26,29-31,34,37,40,43-46,48-72H2,1-3H3/b10-7-,19-16-,28-25-,33-32-,36-35-,39-38-,42-41-,47-27-. The number of carbonyl (C=O) groups is 3. The smallest absolute Gasteiger partial charge is 0.306 e. The number of allylic oxidation sites excluding steroid dienone is 16. The van der Waals surface area contributed by atoms with Crippen molar-refractivity contribution in [2.24, 2.45) is 0 Å². The third-order valence-electron chi connectivity index (χ3n) is 15.3. The average Bonchev–Trinajstić information content (AvgIpc) is 3.47. The molecule has 6 heteroatoms. The molecule has 0 spiro atoms. The van der Waals surface area contributed by atoms with Crippen molar-refractivity contribution in [3.8, 4) is 0 Å². The molecule has 0 aromatic rings. The molecule has 6 nitrogen and oxygen atoms in total. The van der Waals surface area contributed by atoms with Crippen molar-refractivity contribution in [3.05, 3.63) is 97.2 Å². The van der Waals surface area contributed by atoms with Crippen molar-refractivity contribution in [2.75, 3.05) is 13.2 Å². The Hall–Kier alpha value is -3.67. The second-order valence-corrected chi connectivity index (χ2v) is 23.4. The molecule has 472 valence electrons. The molecular weight excluding hydrogens is 1010 g/mol. The maximum Gasteiger partial charge on any atom is 0.306 e. The van der Waals surface area contributed by atoms with E-state index in [-0.39, 0.29) is 31.1 Å². The van der Waals surface area contributed by atoms with Gasteiger partial charge in [-0.2, -0.15) is 0 Å². The summed E-state index contributed by atoms with van der Waals surface area (Å²) in [5.41, 5.74) is 0. The van der Waals surface area contributed by atoms with Gasteiger partial charge in [-0.05, 0) is 103 Å². The Morgan fingerprint density at radius 1 is 0.256 bits per heavy atom. The summed E-state index contributed by atoms with van der Waals surface area (Å²) in [6.45, 7) is 6.56. The van der Waals surface area contributed by atoms with Gasteiger partial charge in [0.2, 0.25) is 0 Å². The van der Waals surface area contributed by atoms with E-state index in [1.165, 1.54) is 193 Å². The predicted molar refractivity (Wildman–Crippen MR) is 357 cm³/mol. The van der Waals surface area contributed by atoms with Crippen molar-refractivity contribution in [2.45, 2.75) is 354 Å². The van der Waals surface area contributed by atoms with Gasteiger partial charge in [0, 0.05) is 19.3 Å². The van der Waals surface area contributed by atoms with Crippen LogP contribution >= 0.6 is 0 Å². The molecule has 0 aliphatic rings. The second kappa shape index (κ2) is 69.8. The third-order valence-corrected chi connectivity index (χ3v) is 15.3. The molecule has 0 saturated carbocycles. The summed E-state index contributed by atoms with van der Waals surface area (Å²) in [5, 5.41) is 0. The second-order valence-electron chi connectivity index (χ2n) is 23.4. The van der Waals surface area contributed by atoms with Gasteiger partial charge in [-0.1, -0.05) is 323 Å². The number of carbonyl (C=O) groups excluding carboxylic acids is 3. The predicted octanol–water partition coefficient (Wildman–Crippen LogP) is 24.4. The highest BCUT2D eigenvalue weighted by atomic mass is 16.6. The van der Waals surface area contributed by atoms with Crippen LogP contribution in [0.2, 0.25) is 0 Å². The number of unbranched alkanes of at least 4 members (excludes halogenated alkanes) is 37. The minimum Gasteiger partial charge on any atom is -0.462 e. The molecule has 0 heterocycles. The highest BCUT2D eigenvalue weighted by Gasteiger charge is 2.19. The van der Waals surface area contributed by atoms with E-state index < -0.39 is 6.10 Å². The van der Waals surface area contributed by atoms with Gasteiger partial charge in [-0.3, -0.25) is 14.4 Å². The first kappa shape index (κ1) is 78.3. The zero-order valence-electron chi connectivity index (χ0n) is 54.2. The lowest BCUT2D eigenvalue weighted by molar-refractivity contribution is -0.167. The van der Waals surface area contributed by atoms with Crippen LogP contribution in [-0.2, 0) is 28.6 Å². The monoisotopic (exact) mass is 1140 g/mol.